The van der Waals surface area contributed by atoms with Crippen LogP contribution < -0.4 is 10.2 Å². The Balaban J connectivity index is 1.66. The van der Waals surface area contributed by atoms with Crippen molar-refractivity contribution in [1.29, 1.82) is 0 Å². The summed E-state index contributed by atoms with van der Waals surface area (Å²) in [6, 6.07) is 19.5. The topological polar surface area (TPSA) is 49.4 Å². The van der Waals surface area contributed by atoms with Gasteiger partial charge in [0, 0.05) is 10.6 Å². The van der Waals surface area contributed by atoms with E-state index in [4.69, 9.17) is 0 Å². The van der Waals surface area contributed by atoms with Crippen LogP contribution in [0.25, 0.3) is 5.57 Å². The Hall–Kier alpha value is -3.18. The lowest BCUT2D eigenvalue weighted by Gasteiger charge is -2.16. The molecule has 3 aromatic rings. The molecule has 1 aromatic heterocycles. The number of nitrogens with one attached hydrogen (secondary N) is 1. The van der Waals surface area contributed by atoms with E-state index in [1.54, 1.807) is 0 Å². The fraction of sp³-hybridized carbons (Fsp3) is 0.259. The molecule has 2 heterocycles. The van der Waals surface area contributed by atoms with E-state index >= 15 is 0 Å². The first kappa shape index (κ1) is 22.0. The number of thiophene rings is 1. The largest absolute Gasteiger partial charge is 0.350 e. The maximum atomic E-state index is 13.4. The number of carbonyl (C=O) groups is 2. The second-order valence-corrected chi connectivity index (χ2v) is 9.29. The molecular formula is C27H28N2O2S. The molecule has 1 aliphatic heterocycles. The molecule has 2 amide bonds. The SMILES string of the molecule is CCCCc1ccc(N2C(=O)C(Nc3ccc(C(C)C)cc3)=C(c3cccs3)C2=O)cc1. The second kappa shape index (κ2) is 9.53. The highest BCUT2D eigenvalue weighted by Gasteiger charge is 2.40. The number of hydrogen-bond donors (Lipinski definition) is 1. The Morgan fingerprint density at radius 1 is 0.938 bits per heavy atom. The van der Waals surface area contributed by atoms with E-state index in [2.05, 4.69) is 26.1 Å². The number of carbonyl (C=O) groups excluding carboxylic acids is 2. The van der Waals surface area contributed by atoms with Gasteiger partial charge in [-0.25, -0.2) is 4.90 Å². The lowest BCUT2D eigenvalue weighted by atomic mass is 10.0. The average molecular weight is 445 g/mol. The molecular weight excluding hydrogens is 416 g/mol. The van der Waals surface area contributed by atoms with Gasteiger partial charge in [0.2, 0.25) is 0 Å². The van der Waals surface area contributed by atoms with Crippen molar-refractivity contribution in [2.24, 2.45) is 0 Å². The van der Waals surface area contributed by atoms with Crippen LogP contribution in [-0.4, -0.2) is 11.8 Å². The first-order valence-electron chi connectivity index (χ1n) is 11.1. The molecule has 1 aliphatic rings. The first-order valence-corrected chi connectivity index (χ1v) is 12.0. The van der Waals surface area contributed by atoms with Gasteiger partial charge in [0.05, 0.1) is 11.3 Å². The zero-order valence-electron chi connectivity index (χ0n) is 18.7. The minimum atomic E-state index is -0.326. The third kappa shape index (κ3) is 4.39. The molecule has 0 unspecified atom stereocenters. The van der Waals surface area contributed by atoms with Crippen LogP contribution in [0.5, 0.6) is 0 Å². The highest BCUT2D eigenvalue weighted by atomic mass is 32.1. The van der Waals surface area contributed by atoms with Crippen molar-refractivity contribution in [3.63, 3.8) is 0 Å². The molecule has 0 radical (unpaired) electrons. The Morgan fingerprint density at radius 2 is 1.66 bits per heavy atom. The van der Waals surface area contributed by atoms with Crippen molar-refractivity contribution in [2.75, 3.05) is 10.2 Å². The quantitative estimate of drug-likeness (QED) is 0.398. The Morgan fingerprint density at radius 3 is 2.25 bits per heavy atom. The van der Waals surface area contributed by atoms with Gasteiger partial charge in [0.25, 0.3) is 11.8 Å². The molecule has 0 atom stereocenters. The molecule has 0 fully saturated rings. The van der Waals surface area contributed by atoms with Crippen LogP contribution in [0.3, 0.4) is 0 Å². The highest BCUT2D eigenvalue weighted by Crippen LogP contribution is 2.35. The number of aryl methyl sites for hydroxylation is 1. The summed E-state index contributed by atoms with van der Waals surface area (Å²) < 4.78 is 0. The number of anilines is 2. The average Bonchev–Trinajstić information content (AvgIpc) is 3.40. The molecule has 4 rings (SSSR count). The summed E-state index contributed by atoms with van der Waals surface area (Å²) in [4.78, 5) is 28.9. The summed E-state index contributed by atoms with van der Waals surface area (Å²) in [5, 5.41) is 5.16. The van der Waals surface area contributed by atoms with E-state index in [-0.39, 0.29) is 11.8 Å². The third-order valence-corrected chi connectivity index (χ3v) is 6.60. The van der Waals surface area contributed by atoms with E-state index < -0.39 is 0 Å². The van der Waals surface area contributed by atoms with Crippen molar-refractivity contribution < 1.29 is 9.59 Å². The first-order chi connectivity index (χ1) is 15.5. The summed E-state index contributed by atoms with van der Waals surface area (Å²) in [5.41, 5.74) is 4.57. The van der Waals surface area contributed by atoms with Crippen molar-refractivity contribution >= 4 is 40.1 Å². The zero-order valence-corrected chi connectivity index (χ0v) is 19.5. The number of hydrogen-bond acceptors (Lipinski definition) is 4. The maximum absolute atomic E-state index is 13.4. The maximum Gasteiger partial charge on any atom is 0.282 e. The number of nitrogens with zero attached hydrogens (tertiary/aromatic N) is 1. The van der Waals surface area contributed by atoms with Crippen molar-refractivity contribution in [1.82, 2.24) is 0 Å². The van der Waals surface area contributed by atoms with E-state index in [9.17, 15) is 9.59 Å². The predicted octanol–water partition coefficient (Wildman–Crippen LogP) is 6.61. The molecule has 1 N–H and O–H groups in total. The summed E-state index contributed by atoms with van der Waals surface area (Å²) >= 11 is 1.46. The highest BCUT2D eigenvalue weighted by molar-refractivity contribution is 7.11. The Labute approximate surface area is 193 Å². The minimum Gasteiger partial charge on any atom is -0.350 e. The monoisotopic (exact) mass is 444 g/mol. The minimum absolute atomic E-state index is 0.292. The fourth-order valence-corrected chi connectivity index (χ4v) is 4.59. The molecule has 2 aromatic carbocycles. The van der Waals surface area contributed by atoms with E-state index in [1.165, 1.54) is 27.4 Å². The van der Waals surface area contributed by atoms with Gasteiger partial charge in [-0.3, -0.25) is 9.59 Å². The molecule has 0 spiro atoms. The smallest absolute Gasteiger partial charge is 0.282 e. The normalized spacial score (nSPS) is 14.1. The van der Waals surface area contributed by atoms with Crippen LogP contribution in [0, 0.1) is 0 Å². The molecule has 5 heteroatoms. The predicted molar refractivity (Wildman–Crippen MR) is 133 cm³/mol. The van der Waals surface area contributed by atoms with Crippen LogP contribution in [0.4, 0.5) is 11.4 Å². The summed E-state index contributed by atoms with van der Waals surface area (Å²) in [6.45, 7) is 6.45. The van der Waals surface area contributed by atoms with Gasteiger partial charge in [-0.1, -0.05) is 57.5 Å². The molecule has 0 saturated carbocycles. The van der Waals surface area contributed by atoms with E-state index in [0.717, 1.165) is 29.8 Å². The van der Waals surface area contributed by atoms with Gasteiger partial charge < -0.3 is 5.32 Å². The molecule has 0 saturated heterocycles. The van der Waals surface area contributed by atoms with E-state index in [0.29, 0.717) is 22.9 Å². The number of benzene rings is 2. The molecule has 32 heavy (non-hydrogen) atoms. The van der Waals surface area contributed by atoms with Gasteiger partial charge in [-0.05, 0) is 65.6 Å². The number of rotatable bonds is 8. The fourth-order valence-electron chi connectivity index (χ4n) is 3.82. The lowest BCUT2D eigenvalue weighted by Crippen LogP contribution is -2.32. The van der Waals surface area contributed by atoms with Gasteiger partial charge >= 0.3 is 0 Å². The lowest BCUT2D eigenvalue weighted by molar-refractivity contribution is -0.120. The standard InChI is InChI=1S/C27H28N2O2S/c1-4-5-7-19-9-15-22(16-10-19)29-26(30)24(23-8-6-17-32-23)25(27(29)31)28-21-13-11-20(12-14-21)18(2)3/h6,8-18,28H,4-5,7H2,1-3H3. The van der Waals surface area contributed by atoms with Crippen molar-refractivity contribution in [2.45, 2.75) is 46.0 Å². The summed E-state index contributed by atoms with van der Waals surface area (Å²) in [6.07, 6.45) is 3.25. The molecule has 0 bridgehead atoms. The summed E-state index contributed by atoms with van der Waals surface area (Å²) in [7, 11) is 0. The third-order valence-electron chi connectivity index (χ3n) is 5.71. The van der Waals surface area contributed by atoms with Crippen LogP contribution in [0.15, 0.2) is 71.7 Å². The Bertz CT molecular complexity index is 1130. The second-order valence-electron chi connectivity index (χ2n) is 8.34. The van der Waals surface area contributed by atoms with Crippen molar-refractivity contribution in [3.05, 3.63) is 87.7 Å². The molecule has 164 valence electrons. The van der Waals surface area contributed by atoms with Crippen LogP contribution in [0.1, 0.15) is 55.5 Å². The number of unbranched alkanes of at least 4 members (excludes halogenated alkanes) is 1. The summed E-state index contributed by atoms with van der Waals surface area (Å²) in [5.74, 6) is -0.192. The molecule has 0 aliphatic carbocycles. The van der Waals surface area contributed by atoms with Gasteiger partial charge in [0.15, 0.2) is 0 Å². The van der Waals surface area contributed by atoms with Crippen molar-refractivity contribution in [3.8, 4) is 0 Å². The van der Waals surface area contributed by atoms with Gasteiger partial charge in [-0.2, -0.15) is 0 Å². The number of imide groups is 1. The van der Waals surface area contributed by atoms with Crippen LogP contribution in [0.2, 0.25) is 0 Å². The molecule has 4 nitrogen and oxygen atoms in total. The Kier molecular flexibility index (Phi) is 6.56. The van der Waals surface area contributed by atoms with E-state index in [1.807, 2.05) is 66.0 Å². The van der Waals surface area contributed by atoms with Crippen LogP contribution in [-0.2, 0) is 16.0 Å². The van der Waals surface area contributed by atoms with Gasteiger partial charge in [0.1, 0.15) is 5.70 Å². The van der Waals surface area contributed by atoms with Gasteiger partial charge in [-0.15, -0.1) is 11.3 Å². The number of amides is 2. The zero-order chi connectivity index (χ0) is 22.7. The van der Waals surface area contributed by atoms with Crippen LogP contribution >= 0.6 is 11.3 Å².